The molecule has 1 amide bonds. The molecule has 26 heavy (non-hydrogen) atoms. The first-order valence-electron chi connectivity index (χ1n) is 7.26. The highest BCUT2D eigenvalue weighted by molar-refractivity contribution is 7.20. The first-order valence-corrected chi connectivity index (χ1v) is 8.08. The number of aromatic nitrogens is 3. The molecule has 0 saturated carbocycles. The van der Waals surface area contributed by atoms with Crippen LogP contribution in [0.1, 0.15) is 21.8 Å². The van der Waals surface area contributed by atoms with Gasteiger partial charge in [-0.05, 0) is 18.2 Å². The van der Waals surface area contributed by atoms with Crippen molar-refractivity contribution in [1.29, 1.82) is 0 Å². The van der Waals surface area contributed by atoms with Crippen LogP contribution < -0.4 is 5.32 Å². The SMILES string of the molecule is O=C(O)CCn1ccnc1NC(=O)c1nc2ccc(C(F)(F)F)cc2s1. The molecule has 0 aliphatic heterocycles. The van der Waals surface area contributed by atoms with E-state index in [-0.39, 0.29) is 34.1 Å². The highest BCUT2D eigenvalue weighted by Crippen LogP contribution is 2.33. The second kappa shape index (κ2) is 6.75. The van der Waals surface area contributed by atoms with Gasteiger partial charge >= 0.3 is 12.1 Å². The minimum atomic E-state index is -4.48. The van der Waals surface area contributed by atoms with Gasteiger partial charge < -0.3 is 9.67 Å². The van der Waals surface area contributed by atoms with Gasteiger partial charge in [0.05, 0.1) is 22.2 Å². The molecule has 0 spiro atoms. The van der Waals surface area contributed by atoms with Crippen LogP contribution in [0.4, 0.5) is 19.1 Å². The zero-order chi connectivity index (χ0) is 18.9. The summed E-state index contributed by atoms with van der Waals surface area (Å²) in [6.07, 6.45) is -1.73. The van der Waals surface area contributed by atoms with Crippen LogP contribution in [0.15, 0.2) is 30.6 Å². The number of thiazole rings is 1. The van der Waals surface area contributed by atoms with E-state index in [2.05, 4.69) is 15.3 Å². The fourth-order valence-electron chi connectivity index (χ4n) is 2.18. The van der Waals surface area contributed by atoms with Crippen molar-refractivity contribution in [1.82, 2.24) is 14.5 Å². The van der Waals surface area contributed by atoms with Crippen molar-refractivity contribution in [3.05, 3.63) is 41.2 Å². The maximum atomic E-state index is 12.8. The number of imidazole rings is 1. The van der Waals surface area contributed by atoms with Gasteiger partial charge in [-0.25, -0.2) is 9.97 Å². The molecule has 0 aliphatic carbocycles. The van der Waals surface area contributed by atoms with E-state index < -0.39 is 23.6 Å². The highest BCUT2D eigenvalue weighted by atomic mass is 32.1. The van der Waals surface area contributed by atoms with Crippen LogP contribution in [0.5, 0.6) is 0 Å². The van der Waals surface area contributed by atoms with Gasteiger partial charge in [-0.15, -0.1) is 11.3 Å². The maximum Gasteiger partial charge on any atom is 0.416 e. The summed E-state index contributed by atoms with van der Waals surface area (Å²) in [7, 11) is 0. The van der Waals surface area contributed by atoms with Gasteiger partial charge in [-0.2, -0.15) is 13.2 Å². The van der Waals surface area contributed by atoms with E-state index in [4.69, 9.17) is 5.11 Å². The predicted octanol–water partition coefficient (Wildman–Crippen LogP) is 3.24. The Morgan fingerprint density at radius 3 is 2.77 bits per heavy atom. The molecule has 3 aromatic rings. The number of halogens is 3. The van der Waals surface area contributed by atoms with E-state index in [1.165, 1.54) is 23.0 Å². The fraction of sp³-hybridized carbons (Fsp3) is 0.200. The summed E-state index contributed by atoms with van der Waals surface area (Å²) in [4.78, 5) is 30.9. The van der Waals surface area contributed by atoms with Gasteiger partial charge in [0.1, 0.15) is 0 Å². The average Bonchev–Trinajstić information content (AvgIpc) is 3.17. The number of benzene rings is 1. The molecule has 1 aromatic carbocycles. The highest BCUT2D eigenvalue weighted by Gasteiger charge is 2.31. The molecule has 2 aromatic heterocycles. The molecule has 7 nitrogen and oxygen atoms in total. The van der Waals surface area contributed by atoms with Crippen molar-refractivity contribution in [2.45, 2.75) is 19.1 Å². The largest absolute Gasteiger partial charge is 0.481 e. The lowest BCUT2D eigenvalue weighted by Crippen LogP contribution is -2.16. The molecule has 0 fully saturated rings. The normalized spacial score (nSPS) is 11.7. The topological polar surface area (TPSA) is 97.1 Å². The summed E-state index contributed by atoms with van der Waals surface area (Å²) >= 11 is 0.827. The number of hydrogen-bond acceptors (Lipinski definition) is 5. The van der Waals surface area contributed by atoms with Crippen molar-refractivity contribution in [2.75, 3.05) is 5.32 Å². The zero-order valence-corrected chi connectivity index (χ0v) is 13.8. The van der Waals surface area contributed by atoms with E-state index in [9.17, 15) is 22.8 Å². The number of rotatable bonds is 5. The molecule has 3 rings (SSSR count). The molecule has 0 radical (unpaired) electrons. The first kappa shape index (κ1) is 17.9. The Bertz CT molecular complexity index is 980. The predicted molar refractivity (Wildman–Crippen MR) is 87.1 cm³/mol. The molecule has 0 aliphatic rings. The minimum Gasteiger partial charge on any atom is -0.481 e. The van der Waals surface area contributed by atoms with Gasteiger partial charge in [0.2, 0.25) is 5.95 Å². The molecule has 0 bridgehead atoms. The monoisotopic (exact) mass is 384 g/mol. The van der Waals surface area contributed by atoms with Crippen molar-refractivity contribution in [2.24, 2.45) is 0 Å². The van der Waals surface area contributed by atoms with Crippen LogP contribution in [0.3, 0.4) is 0 Å². The second-order valence-corrected chi connectivity index (χ2v) is 6.27. The van der Waals surface area contributed by atoms with Crippen molar-refractivity contribution >= 4 is 39.4 Å². The standard InChI is InChI=1S/C15H11F3N4O3S/c16-15(17,18)8-1-2-9-10(7-8)26-13(20-9)12(25)21-14-19-4-6-22(14)5-3-11(23)24/h1-2,4,6-7H,3,5H2,(H,23,24)(H,19,21,25). The summed E-state index contributed by atoms with van der Waals surface area (Å²) in [6.45, 7) is 0.111. The number of aliphatic carboxylic acids is 1. The van der Waals surface area contributed by atoms with Gasteiger partial charge in [0.25, 0.3) is 5.91 Å². The summed E-state index contributed by atoms with van der Waals surface area (Å²) in [6, 6.07) is 3.05. The van der Waals surface area contributed by atoms with Gasteiger partial charge in [-0.1, -0.05) is 0 Å². The molecule has 0 atom stereocenters. The quantitative estimate of drug-likeness (QED) is 0.704. The first-order chi connectivity index (χ1) is 12.2. The number of aryl methyl sites for hydroxylation is 1. The minimum absolute atomic E-state index is 0.0212. The third kappa shape index (κ3) is 3.82. The Balaban J connectivity index is 1.80. The second-order valence-electron chi connectivity index (χ2n) is 5.24. The Morgan fingerprint density at radius 2 is 2.08 bits per heavy atom. The number of fused-ring (bicyclic) bond motifs is 1. The van der Waals surface area contributed by atoms with Crippen molar-refractivity contribution in [3.8, 4) is 0 Å². The Hall–Kier alpha value is -2.95. The Kier molecular flexibility index (Phi) is 4.64. The molecular weight excluding hydrogens is 373 g/mol. The van der Waals surface area contributed by atoms with E-state index in [1.807, 2.05) is 0 Å². The molecule has 0 unspecified atom stereocenters. The number of alkyl halides is 3. The average molecular weight is 384 g/mol. The van der Waals surface area contributed by atoms with Crippen molar-refractivity contribution < 1.29 is 27.9 Å². The summed E-state index contributed by atoms with van der Waals surface area (Å²) < 4.78 is 40.0. The third-order valence-electron chi connectivity index (χ3n) is 3.42. The van der Waals surface area contributed by atoms with E-state index in [0.29, 0.717) is 0 Å². The maximum absolute atomic E-state index is 12.8. The lowest BCUT2D eigenvalue weighted by atomic mass is 10.2. The molecule has 0 saturated heterocycles. The molecular formula is C15H11F3N4O3S. The number of hydrogen-bond donors (Lipinski definition) is 2. The lowest BCUT2D eigenvalue weighted by Gasteiger charge is -2.06. The van der Waals surface area contributed by atoms with Crippen LogP contribution in [0, 0.1) is 0 Å². The number of nitrogens with zero attached hydrogens (tertiary/aromatic N) is 3. The number of nitrogens with one attached hydrogen (secondary N) is 1. The van der Waals surface area contributed by atoms with Gasteiger partial charge in [-0.3, -0.25) is 14.9 Å². The number of carbonyl (C=O) groups is 2. The van der Waals surface area contributed by atoms with Crippen molar-refractivity contribution in [3.63, 3.8) is 0 Å². The fourth-order valence-corrected chi connectivity index (χ4v) is 3.08. The number of anilines is 1. The summed E-state index contributed by atoms with van der Waals surface area (Å²) in [5.74, 6) is -1.50. The molecule has 2 heterocycles. The van der Waals surface area contributed by atoms with E-state index in [1.54, 1.807) is 0 Å². The number of carboxylic acids is 1. The van der Waals surface area contributed by atoms with Crippen LogP contribution in [0.2, 0.25) is 0 Å². The van der Waals surface area contributed by atoms with Crippen LogP contribution in [-0.4, -0.2) is 31.5 Å². The zero-order valence-electron chi connectivity index (χ0n) is 12.9. The third-order valence-corrected chi connectivity index (χ3v) is 4.43. The molecule has 136 valence electrons. The summed E-state index contributed by atoms with van der Waals surface area (Å²) in [5.41, 5.74) is -0.535. The van der Waals surface area contributed by atoms with E-state index in [0.717, 1.165) is 23.5 Å². The number of carbonyl (C=O) groups excluding carboxylic acids is 1. The van der Waals surface area contributed by atoms with Crippen LogP contribution in [0.25, 0.3) is 10.2 Å². The number of amides is 1. The van der Waals surface area contributed by atoms with Crippen LogP contribution in [-0.2, 0) is 17.5 Å². The molecule has 11 heteroatoms. The number of carboxylic acid groups (broad SMARTS) is 1. The van der Waals surface area contributed by atoms with Gasteiger partial charge in [0.15, 0.2) is 5.01 Å². The summed E-state index contributed by atoms with van der Waals surface area (Å²) in [5, 5.41) is 11.2. The van der Waals surface area contributed by atoms with E-state index >= 15 is 0 Å². The molecule has 2 N–H and O–H groups in total. The smallest absolute Gasteiger partial charge is 0.416 e. The lowest BCUT2D eigenvalue weighted by molar-refractivity contribution is -0.138. The Morgan fingerprint density at radius 1 is 1.31 bits per heavy atom. The van der Waals surface area contributed by atoms with Crippen LogP contribution >= 0.6 is 11.3 Å². The van der Waals surface area contributed by atoms with Gasteiger partial charge in [0, 0.05) is 18.9 Å². The Labute approximate surface area is 148 Å².